The summed E-state index contributed by atoms with van der Waals surface area (Å²) in [6.45, 7) is 6.66. The molecule has 0 aliphatic carbocycles. The molecule has 1 aromatic rings. The van der Waals surface area contributed by atoms with Crippen LogP contribution >= 0.6 is 0 Å². The van der Waals surface area contributed by atoms with Crippen LogP contribution in [0, 0.1) is 11.6 Å². The lowest BCUT2D eigenvalue weighted by Crippen LogP contribution is -2.55. The Labute approximate surface area is 119 Å². The summed E-state index contributed by atoms with van der Waals surface area (Å²) in [7, 11) is 2.11. The Hall–Kier alpha value is -1.04. The molecule has 1 aliphatic rings. The van der Waals surface area contributed by atoms with Gasteiger partial charge in [0, 0.05) is 43.3 Å². The van der Waals surface area contributed by atoms with Crippen LogP contribution in [0.2, 0.25) is 0 Å². The summed E-state index contributed by atoms with van der Waals surface area (Å²) in [4.78, 5) is 4.55. The molecule has 0 spiro atoms. The Morgan fingerprint density at radius 3 is 2.45 bits per heavy atom. The normalized spacial score (nSPS) is 26.7. The van der Waals surface area contributed by atoms with Crippen LogP contribution in [0.15, 0.2) is 18.2 Å². The van der Waals surface area contributed by atoms with Gasteiger partial charge < -0.3 is 5.73 Å². The molecule has 0 radical (unpaired) electrons. The predicted molar refractivity (Wildman–Crippen MR) is 76.4 cm³/mol. The van der Waals surface area contributed by atoms with Gasteiger partial charge in [-0.25, -0.2) is 8.78 Å². The van der Waals surface area contributed by atoms with Crippen molar-refractivity contribution in [1.82, 2.24) is 9.80 Å². The Morgan fingerprint density at radius 1 is 1.25 bits per heavy atom. The van der Waals surface area contributed by atoms with E-state index in [9.17, 15) is 8.78 Å². The van der Waals surface area contributed by atoms with Gasteiger partial charge in [-0.2, -0.15) is 0 Å². The number of rotatable bonds is 3. The lowest BCUT2D eigenvalue weighted by atomic mass is 10.0. The van der Waals surface area contributed by atoms with Crippen LogP contribution in [0.5, 0.6) is 0 Å². The second kappa shape index (κ2) is 6.16. The van der Waals surface area contributed by atoms with Gasteiger partial charge in [0.2, 0.25) is 0 Å². The van der Waals surface area contributed by atoms with Gasteiger partial charge in [0.15, 0.2) is 11.6 Å². The molecule has 2 N–H and O–H groups in total. The molecule has 1 aromatic carbocycles. The molecule has 0 amide bonds. The highest BCUT2D eigenvalue weighted by Crippen LogP contribution is 2.21. The minimum atomic E-state index is -0.835. The average Bonchev–Trinajstić information content (AvgIpc) is 2.39. The van der Waals surface area contributed by atoms with Gasteiger partial charge in [0.05, 0.1) is 0 Å². The van der Waals surface area contributed by atoms with Crippen LogP contribution in [0.4, 0.5) is 8.78 Å². The maximum absolute atomic E-state index is 13.7. The van der Waals surface area contributed by atoms with Crippen molar-refractivity contribution in [3.63, 3.8) is 0 Å². The molecule has 0 bridgehead atoms. The molecule has 20 heavy (non-hydrogen) atoms. The van der Waals surface area contributed by atoms with Gasteiger partial charge in [-0.15, -0.1) is 0 Å². The zero-order chi connectivity index (χ0) is 14.9. The van der Waals surface area contributed by atoms with Gasteiger partial charge in [-0.3, -0.25) is 9.80 Å². The number of nitrogens with two attached hydrogens (primary N) is 1. The molecule has 3 nitrogen and oxygen atoms in total. The molecule has 0 saturated carbocycles. The predicted octanol–water partition coefficient (Wildman–Crippen LogP) is 1.99. The van der Waals surface area contributed by atoms with E-state index in [1.807, 2.05) is 0 Å². The molecule has 0 aromatic heterocycles. The first-order valence-corrected chi connectivity index (χ1v) is 7.04. The molecule has 3 atom stereocenters. The van der Waals surface area contributed by atoms with Crippen LogP contribution in [-0.2, 0) is 0 Å². The van der Waals surface area contributed by atoms with Crippen molar-refractivity contribution in [2.24, 2.45) is 5.73 Å². The highest BCUT2D eigenvalue weighted by molar-refractivity contribution is 5.22. The topological polar surface area (TPSA) is 32.5 Å². The molecule has 1 aliphatic heterocycles. The van der Waals surface area contributed by atoms with Gasteiger partial charge in [-0.1, -0.05) is 12.1 Å². The Morgan fingerprint density at radius 2 is 1.85 bits per heavy atom. The van der Waals surface area contributed by atoms with E-state index < -0.39 is 17.7 Å². The lowest BCUT2D eigenvalue weighted by Gasteiger charge is -2.43. The maximum atomic E-state index is 13.7. The van der Waals surface area contributed by atoms with Crippen LogP contribution in [-0.4, -0.2) is 48.6 Å². The number of hydrogen-bond acceptors (Lipinski definition) is 3. The van der Waals surface area contributed by atoms with E-state index in [2.05, 4.69) is 30.7 Å². The summed E-state index contributed by atoms with van der Waals surface area (Å²) in [6, 6.07) is 4.54. The lowest BCUT2D eigenvalue weighted by molar-refractivity contribution is 0.0564. The minimum Gasteiger partial charge on any atom is -0.323 e. The van der Waals surface area contributed by atoms with Gasteiger partial charge in [0.1, 0.15) is 0 Å². The summed E-state index contributed by atoms with van der Waals surface area (Å²) in [5, 5.41) is 0. The highest BCUT2D eigenvalue weighted by Gasteiger charge is 2.28. The van der Waals surface area contributed by atoms with Crippen molar-refractivity contribution in [3.05, 3.63) is 35.4 Å². The first kappa shape index (κ1) is 15.4. The summed E-state index contributed by atoms with van der Waals surface area (Å²) < 4.78 is 27.0. The molecular weight excluding hydrogens is 260 g/mol. The van der Waals surface area contributed by atoms with Crippen molar-refractivity contribution >= 4 is 0 Å². The number of nitrogens with zero attached hydrogens (tertiary/aromatic N) is 2. The highest BCUT2D eigenvalue weighted by atomic mass is 19.2. The standard InChI is InChI=1S/C15H23F2N3/c1-10-7-20(8-11(2)19(10)3)9-14(18)12-5-4-6-13(16)15(12)17/h4-6,10-11,14H,7-9,18H2,1-3H3. The monoisotopic (exact) mass is 283 g/mol. The van der Waals surface area contributed by atoms with Gasteiger partial charge in [0.25, 0.3) is 0 Å². The van der Waals surface area contributed by atoms with Crippen molar-refractivity contribution < 1.29 is 8.78 Å². The fourth-order valence-electron chi connectivity index (χ4n) is 2.85. The second-order valence-electron chi connectivity index (χ2n) is 5.83. The van der Waals surface area contributed by atoms with Crippen molar-refractivity contribution in [3.8, 4) is 0 Å². The molecular formula is C15H23F2N3. The fraction of sp³-hybridized carbons (Fsp3) is 0.600. The number of hydrogen-bond donors (Lipinski definition) is 1. The number of benzene rings is 1. The zero-order valence-corrected chi connectivity index (χ0v) is 12.3. The van der Waals surface area contributed by atoms with Crippen LogP contribution in [0.1, 0.15) is 25.5 Å². The number of halogens is 2. The maximum Gasteiger partial charge on any atom is 0.163 e. The first-order valence-electron chi connectivity index (χ1n) is 7.04. The van der Waals surface area contributed by atoms with E-state index >= 15 is 0 Å². The van der Waals surface area contributed by atoms with Crippen LogP contribution in [0.3, 0.4) is 0 Å². The SMILES string of the molecule is CC1CN(CC(N)c2cccc(F)c2F)CC(C)N1C. The van der Waals surface area contributed by atoms with Crippen molar-refractivity contribution in [1.29, 1.82) is 0 Å². The minimum absolute atomic E-state index is 0.254. The molecule has 1 heterocycles. The molecule has 1 saturated heterocycles. The Kier molecular flexibility index (Phi) is 4.73. The third kappa shape index (κ3) is 3.16. The van der Waals surface area contributed by atoms with Crippen molar-refractivity contribution in [2.75, 3.05) is 26.7 Å². The first-order chi connectivity index (χ1) is 9.40. The summed E-state index contributed by atoms with van der Waals surface area (Å²) >= 11 is 0. The summed E-state index contributed by atoms with van der Waals surface area (Å²) in [6.07, 6.45) is 0. The van der Waals surface area contributed by atoms with E-state index in [1.165, 1.54) is 6.07 Å². The quantitative estimate of drug-likeness (QED) is 0.921. The third-order valence-electron chi connectivity index (χ3n) is 4.27. The van der Waals surface area contributed by atoms with E-state index in [4.69, 9.17) is 5.73 Å². The van der Waals surface area contributed by atoms with Crippen molar-refractivity contribution in [2.45, 2.75) is 32.0 Å². The van der Waals surface area contributed by atoms with Gasteiger partial charge >= 0.3 is 0 Å². The van der Waals surface area contributed by atoms with E-state index in [-0.39, 0.29) is 5.56 Å². The van der Waals surface area contributed by atoms with Gasteiger partial charge in [-0.05, 0) is 27.0 Å². The number of piperazine rings is 1. The fourth-order valence-corrected chi connectivity index (χ4v) is 2.85. The summed E-state index contributed by atoms with van der Waals surface area (Å²) in [5.74, 6) is -1.66. The molecule has 1 fully saturated rings. The summed E-state index contributed by atoms with van der Waals surface area (Å²) in [5.41, 5.74) is 6.31. The number of likely N-dealkylation sites (N-methyl/N-ethyl adjacent to an activating group) is 1. The van der Waals surface area contributed by atoms with E-state index in [0.717, 1.165) is 19.2 Å². The van der Waals surface area contributed by atoms with Crippen LogP contribution in [0.25, 0.3) is 0 Å². The van der Waals surface area contributed by atoms with Crippen LogP contribution < -0.4 is 5.73 Å². The molecule has 5 heteroatoms. The zero-order valence-electron chi connectivity index (χ0n) is 12.3. The molecule has 2 rings (SSSR count). The smallest absolute Gasteiger partial charge is 0.163 e. The van der Waals surface area contributed by atoms with E-state index in [1.54, 1.807) is 6.07 Å². The van der Waals surface area contributed by atoms with E-state index in [0.29, 0.717) is 18.6 Å². The second-order valence-corrected chi connectivity index (χ2v) is 5.83. The molecule has 3 unspecified atom stereocenters. The largest absolute Gasteiger partial charge is 0.323 e. The molecule has 112 valence electrons. The third-order valence-corrected chi connectivity index (χ3v) is 4.27. The Balaban J connectivity index is 2.04. The average molecular weight is 283 g/mol. The Bertz CT molecular complexity index is 454.